The monoisotopic (exact) mass is 238 g/mol. The molecule has 5 heteroatoms. The standard InChI is InChI=1S/C11H16N2O.CH2O2/c1-7-4-9(6-8(2)12)11(13)10(5-7)14-3;2-1-3/h4-6H,12-13H2,1-3H3;1H,(H,2,3)/b8-6-;. The van der Waals surface area contributed by atoms with Crippen LogP contribution in [0.4, 0.5) is 5.69 Å². The van der Waals surface area contributed by atoms with Gasteiger partial charge in [-0.1, -0.05) is 0 Å². The molecule has 0 saturated heterocycles. The molecule has 0 heterocycles. The van der Waals surface area contributed by atoms with Gasteiger partial charge in [-0.3, -0.25) is 4.79 Å². The first kappa shape index (κ1) is 14.8. The molecule has 0 amide bonds. The molecule has 0 unspecified atom stereocenters. The Morgan fingerprint density at radius 1 is 1.47 bits per heavy atom. The number of allylic oxidation sites excluding steroid dienone is 1. The van der Waals surface area contributed by atoms with Crippen molar-refractivity contribution in [3.63, 3.8) is 0 Å². The van der Waals surface area contributed by atoms with Crippen molar-refractivity contribution in [2.45, 2.75) is 13.8 Å². The molecule has 0 aliphatic carbocycles. The molecular formula is C12H18N2O3. The Bertz CT molecular complexity index is 410. The van der Waals surface area contributed by atoms with E-state index in [9.17, 15) is 0 Å². The lowest BCUT2D eigenvalue weighted by atomic mass is 10.1. The van der Waals surface area contributed by atoms with E-state index in [-0.39, 0.29) is 6.47 Å². The molecule has 0 radical (unpaired) electrons. The third-order valence-electron chi connectivity index (χ3n) is 1.92. The number of ether oxygens (including phenoxy) is 1. The van der Waals surface area contributed by atoms with Crippen molar-refractivity contribution in [1.29, 1.82) is 0 Å². The molecule has 0 saturated carbocycles. The number of aryl methyl sites for hydroxylation is 1. The first-order valence-electron chi connectivity index (χ1n) is 4.92. The minimum Gasteiger partial charge on any atom is -0.495 e. The summed E-state index contributed by atoms with van der Waals surface area (Å²) >= 11 is 0. The van der Waals surface area contributed by atoms with E-state index in [1.54, 1.807) is 7.11 Å². The molecule has 0 aliphatic heterocycles. The van der Waals surface area contributed by atoms with Crippen molar-refractivity contribution < 1.29 is 14.6 Å². The van der Waals surface area contributed by atoms with Gasteiger partial charge in [0.05, 0.1) is 12.8 Å². The van der Waals surface area contributed by atoms with E-state index >= 15 is 0 Å². The summed E-state index contributed by atoms with van der Waals surface area (Å²) < 4.78 is 5.15. The van der Waals surface area contributed by atoms with E-state index in [0.29, 0.717) is 11.4 Å². The average Bonchev–Trinajstić information content (AvgIpc) is 2.23. The third-order valence-corrected chi connectivity index (χ3v) is 1.92. The maximum Gasteiger partial charge on any atom is 0.290 e. The number of benzene rings is 1. The van der Waals surface area contributed by atoms with Crippen LogP contribution >= 0.6 is 0 Å². The molecule has 0 fully saturated rings. The first-order chi connectivity index (χ1) is 7.96. The van der Waals surface area contributed by atoms with Gasteiger partial charge in [0, 0.05) is 11.3 Å². The number of rotatable bonds is 2. The largest absolute Gasteiger partial charge is 0.495 e. The molecule has 0 spiro atoms. The quantitative estimate of drug-likeness (QED) is 0.537. The number of nitrogen functional groups attached to an aromatic ring is 1. The van der Waals surface area contributed by atoms with Crippen LogP contribution in [0.1, 0.15) is 18.1 Å². The SMILES string of the molecule is COc1cc(C)cc(/C=C(/C)N)c1N.O=CO. The highest BCUT2D eigenvalue weighted by atomic mass is 16.5. The predicted molar refractivity (Wildman–Crippen MR) is 68.7 cm³/mol. The van der Waals surface area contributed by atoms with E-state index in [0.717, 1.165) is 16.8 Å². The molecule has 0 bridgehead atoms. The van der Waals surface area contributed by atoms with Crippen LogP contribution in [0.25, 0.3) is 6.08 Å². The zero-order chi connectivity index (χ0) is 13.4. The van der Waals surface area contributed by atoms with Gasteiger partial charge in [0.15, 0.2) is 0 Å². The summed E-state index contributed by atoms with van der Waals surface area (Å²) in [6.45, 7) is 3.57. The normalized spacial score (nSPS) is 10.2. The molecule has 1 aromatic rings. The van der Waals surface area contributed by atoms with Crippen molar-refractivity contribution in [1.82, 2.24) is 0 Å². The molecule has 0 aromatic heterocycles. The van der Waals surface area contributed by atoms with Gasteiger partial charge < -0.3 is 21.3 Å². The van der Waals surface area contributed by atoms with Gasteiger partial charge in [0.2, 0.25) is 0 Å². The molecular weight excluding hydrogens is 220 g/mol. The minimum absolute atomic E-state index is 0.250. The van der Waals surface area contributed by atoms with Crippen molar-refractivity contribution in [3.05, 3.63) is 29.0 Å². The van der Waals surface area contributed by atoms with Crippen LogP contribution < -0.4 is 16.2 Å². The third kappa shape index (κ3) is 4.92. The van der Waals surface area contributed by atoms with Crippen LogP contribution in [0.15, 0.2) is 17.8 Å². The van der Waals surface area contributed by atoms with Crippen LogP contribution in [-0.4, -0.2) is 18.7 Å². The summed E-state index contributed by atoms with van der Waals surface area (Å²) in [5.74, 6) is 0.692. The number of hydrogen-bond acceptors (Lipinski definition) is 4. The molecule has 5 N–H and O–H groups in total. The lowest BCUT2D eigenvalue weighted by Gasteiger charge is -2.09. The molecule has 1 aromatic carbocycles. The second-order valence-corrected chi connectivity index (χ2v) is 3.46. The van der Waals surface area contributed by atoms with Gasteiger partial charge in [-0.15, -0.1) is 0 Å². The Balaban J connectivity index is 0.000000770. The number of carbonyl (C=O) groups is 1. The number of hydrogen-bond donors (Lipinski definition) is 3. The fraction of sp³-hybridized carbons (Fsp3) is 0.250. The highest BCUT2D eigenvalue weighted by molar-refractivity contribution is 5.72. The van der Waals surface area contributed by atoms with E-state index in [1.165, 1.54) is 0 Å². The molecule has 17 heavy (non-hydrogen) atoms. The average molecular weight is 238 g/mol. The lowest BCUT2D eigenvalue weighted by Crippen LogP contribution is -1.98. The van der Waals surface area contributed by atoms with Gasteiger partial charge in [-0.25, -0.2) is 0 Å². The highest BCUT2D eigenvalue weighted by Crippen LogP contribution is 2.28. The van der Waals surface area contributed by atoms with Gasteiger partial charge in [-0.2, -0.15) is 0 Å². The fourth-order valence-corrected chi connectivity index (χ4v) is 1.33. The number of carboxylic acid groups (broad SMARTS) is 1. The summed E-state index contributed by atoms with van der Waals surface area (Å²) in [7, 11) is 1.61. The molecule has 1 rings (SSSR count). The van der Waals surface area contributed by atoms with E-state index < -0.39 is 0 Å². The maximum absolute atomic E-state index is 8.36. The Morgan fingerprint density at radius 3 is 2.41 bits per heavy atom. The number of methoxy groups -OCH3 is 1. The van der Waals surface area contributed by atoms with Crippen LogP contribution in [-0.2, 0) is 4.79 Å². The Labute approximate surface area is 101 Å². The second-order valence-electron chi connectivity index (χ2n) is 3.46. The number of anilines is 1. The first-order valence-corrected chi connectivity index (χ1v) is 4.92. The second kappa shape index (κ2) is 7.16. The Morgan fingerprint density at radius 2 is 2.00 bits per heavy atom. The van der Waals surface area contributed by atoms with Gasteiger partial charge in [0.1, 0.15) is 5.75 Å². The lowest BCUT2D eigenvalue weighted by molar-refractivity contribution is -0.122. The van der Waals surface area contributed by atoms with Crippen LogP contribution in [0.5, 0.6) is 5.75 Å². The zero-order valence-electron chi connectivity index (χ0n) is 10.2. The Kier molecular flexibility index (Phi) is 6.25. The zero-order valence-corrected chi connectivity index (χ0v) is 10.2. The van der Waals surface area contributed by atoms with E-state index in [1.807, 2.05) is 32.1 Å². The van der Waals surface area contributed by atoms with Crippen molar-refractivity contribution in [2.24, 2.45) is 5.73 Å². The van der Waals surface area contributed by atoms with Crippen molar-refractivity contribution in [3.8, 4) is 5.75 Å². The predicted octanol–water partition coefficient (Wildman–Crippen LogP) is 1.61. The van der Waals surface area contributed by atoms with Gasteiger partial charge >= 0.3 is 0 Å². The van der Waals surface area contributed by atoms with Crippen molar-refractivity contribution in [2.75, 3.05) is 12.8 Å². The summed E-state index contributed by atoms with van der Waals surface area (Å²) in [5, 5.41) is 6.89. The van der Waals surface area contributed by atoms with Gasteiger partial charge in [0.25, 0.3) is 6.47 Å². The van der Waals surface area contributed by atoms with Gasteiger partial charge in [-0.05, 0) is 37.6 Å². The Hall–Kier alpha value is -2.17. The molecule has 94 valence electrons. The van der Waals surface area contributed by atoms with E-state index in [2.05, 4.69) is 0 Å². The molecule has 5 nitrogen and oxygen atoms in total. The summed E-state index contributed by atoms with van der Waals surface area (Å²) in [4.78, 5) is 8.36. The smallest absolute Gasteiger partial charge is 0.290 e. The molecule has 0 aliphatic rings. The summed E-state index contributed by atoms with van der Waals surface area (Å²) in [6.07, 6.45) is 1.84. The summed E-state index contributed by atoms with van der Waals surface area (Å²) in [5.41, 5.74) is 14.8. The van der Waals surface area contributed by atoms with Crippen LogP contribution in [0, 0.1) is 6.92 Å². The maximum atomic E-state index is 8.36. The summed E-state index contributed by atoms with van der Waals surface area (Å²) in [6, 6.07) is 3.88. The topological polar surface area (TPSA) is 98.6 Å². The fourth-order valence-electron chi connectivity index (χ4n) is 1.33. The van der Waals surface area contributed by atoms with Crippen LogP contribution in [0.2, 0.25) is 0 Å². The molecule has 0 atom stereocenters. The van der Waals surface area contributed by atoms with Crippen LogP contribution in [0.3, 0.4) is 0 Å². The minimum atomic E-state index is -0.250. The van der Waals surface area contributed by atoms with Crippen molar-refractivity contribution >= 4 is 18.2 Å². The van der Waals surface area contributed by atoms with E-state index in [4.69, 9.17) is 26.1 Å². The number of nitrogens with two attached hydrogens (primary N) is 2. The highest BCUT2D eigenvalue weighted by Gasteiger charge is 2.04.